The first-order valence-electron chi connectivity index (χ1n) is 4.91. The maximum absolute atomic E-state index is 9.49. The molecule has 2 nitrogen and oxygen atoms in total. The van der Waals surface area contributed by atoms with Crippen LogP contribution in [0.1, 0.15) is 33.6 Å². The molecule has 0 aromatic rings. The van der Waals surface area contributed by atoms with Crippen LogP contribution in [0.3, 0.4) is 0 Å². The topological polar surface area (TPSA) is 29.5 Å². The Hall–Kier alpha value is -0.0800. The van der Waals surface area contributed by atoms with Crippen molar-refractivity contribution in [2.45, 2.75) is 45.8 Å². The van der Waals surface area contributed by atoms with Crippen molar-refractivity contribution in [1.29, 1.82) is 0 Å². The van der Waals surface area contributed by atoms with Gasteiger partial charge in [0.05, 0.1) is 18.8 Å². The summed E-state index contributed by atoms with van der Waals surface area (Å²) in [5, 5.41) is 9.49. The van der Waals surface area contributed by atoms with E-state index in [2.05, 4.69) is 20.8 Å². The average molecular weight is 172 g/mol. The molecular weight excluding hydrogens is 152 g/mol. The van der Waals surface area contributed by atoms with Crippen molar-refractivity contribution >= 4 is 0 Å². The van der Waals surface area contributed by atoms with Crippen molar-refractivity contribution in [3.8, 4) is 0 Å². The molecule has 0 aliphatic heterocycles. The summed E-state index contributed by atoms with van der Waals surface area (Å²) in [5.41, 5.74) is 0. The van der Waals surface area contributed by atoms with Crippen LogP contribution in [0.25, 0.3) is 0 Å². The highest BCUT2D eigenvalue weighted by Crippen LogP contribution is 2.32. The van der Waals surface area contributed by atoms with Gasteiger partial charge in [-0.15, -0.1) is 0 Å². The third kappa shape index (κ3) is 3.11. The van der Waals surface area contributed by atoms with E-state index in [9.17, 15) is 5.11 Å². The molecule has 1 aliphatic carbocycles. The van der Waals surface area contributed by atoms with E-state index < -0.39 is 0 Å². The predicted octanol–water partition coefficient (Wildman–Crippen LogP) is 1.82. The van der Waals surface area contributed by atoms with Gasteiger partial charge in [0.25, 0.3) is 0 Å². The summed E-state index contributed by atoms with van der Waals surface area (Å²) >= 11 is 0. The van der Waals surface area contributed by atoms with Crippen LogP contribution >= 0.6 is 0 Å². The lowest BCUT2D eigenvalue weighted by Crippen LogP contribution is -2.24. The molecular formula is C10H20O2. The minimum Gasteiger partial charge on any atom is -0.390 e. The fraction of sp³-hybridized carbons (Fsp3) is 1.00. The molecule has 0 amide bonds. The zero-order valence-corrected chi connectivity index (χ0v) is 8.29. The molecule has 0 spiro atoms. The van der Waals surface area contributed by atoms with Gasteiger partial charge in [-0.3, -0.25) is 0 Å². The van der Waals surface area contributed by atoms with E-state index in [1.165, 1.54) is 12.8 Å². The first kappa shape index (κ1) is 10.0. The van der Waals surface area contributed by atoms with Gasteiger partial charge < -0.3 is 9.84 Å². The Morgan fingerprint density at radius 3 is 2.33 bits per heavy atom. The van der Waals surface area contributed by atoms with E-state index in [0.717, 1.165) is 0 Å². The van der Waals surface area contributed by atoms with Gasteiger partial charge in [-0.25, -0.2) is 0 Å². The number of hydrogen-bond acceptors (Lipinski definition) is 2. The number of ether oxygens (including phenoxy) is 1. The lowest BCUT2D eigenvalue weighted by molar-refractivity contribution is -0.0266. The quantitative estimate of drug-likeness (QED) is 0.685. The lowest BCUT2D eigenvalue weighted by Gasteiger charge is -2.18. The molecule has 1 aliphatic rings. The van der Waals surface area contributed by atoms with E-state index in [4.69, 9.17) is 4.74 Å². The van der Waals surface area contributed by atoms with Gasteiger partial charge >= 0.3 is 0 Å². The highest BCUT2D eigenvalue weighted by Gasteiger charge is 2.30. The third-order valence-corrected chi connectivity index (χ3v) is 2.63. The second kappa shape index (κ2) is 4.24. The molecule has 0 aromatic heterocycles. The van der Waals surface area contributed by atoms with Crippen molar-refractivity contribution in [2.24, 2.45) is 11.8 Å². The van der Waals surface area contributed by atoms with E-state index in [0.29, 0.717) is 18.4 Å². The Bertz CT molecular complexity index is 122. The maximum Gasteiger partial charge on any atom is 0.0801 e. The summed E-state index contributed by atoms with van der Waals surface area (Å²) in [7, 11) is 0. The molecule has 1 fully saturated rings. The Morgan fingerprint density at radius 2 is 1.92 bits per heavy atom. The molecule has 0 radical (unpaired) electrons. The number of aliphatic hydroxyl groups is 1. The van der Waals surface area contributed by atoms with Crippen LogP contribution in [-0.2, 0) is 4.74 Å². The number of aliphatic hydroxyl groups excluding tert-OH is 1. The molecule has 0 heterocycles. The normalized spacial score (nSPS) is 22.8. The Kier molecular flexibility index (Phi) is 3.53. The smallest absolute Gasteiger partial charge is 0.0801 e. The fourth-order valence-corrected chi connectivity index (χ4v) is 1.06. The van der Waals surface area contributed by atoms with E-state index in [1.54, 1.807) is 0 Å². The highest BCUT2D eigenvalue weighted by atomic mass is 16.5. The van der Waals surface area contributed by atoms with Crippen LogP contribution in [0.15, 0.2) is 0 Å². The molecule has 0 bridgehead atoms. The summed E-state index contributed by atoms with van der Waals surface area (Å²) in [5.74, 6) is 1.07. The van der Waals surface area contributed by atoms with Crippen molar-refractivity contribution in [3.05, 3.63) is 0 Å². The van der Waals surface area contributed by atoms with Gasteiger partial charge in [0.15, 0.2) is 0 Å². The molecule has 1 rings (SSSR count). The summed E-state index contributed by atoms with van der Waals surface area (Å²) in [4.78, 5) is 0. The predicted molar refractivity (Wildman–Crippen MR) is 49.0 cm³/mol. The van der Waals surface area contributed by atoms with Crippen molar-refractivity contribution < 1.29 is 9.84 Å². The van der Waals surface area contributed by atoms with E-state index >= 15 is 0 Å². The highest BCUT2D eigenvalue weighted by molar-refractivity contribution is 4.80. The van der Waals surface area contributed by atoms with Crippen LogP contribution in [0, 0.1) is 11.8 Å². The number of hydrogen-bond donors (Lipinski definition) is 1. The largest absolute Gasteiger partial charge is 0.390 e. The first-order valence-corrected chi connectivity index (χ1v) is 4.91. The lowest BCUT2D eigenvalue weighted by atomic mass is 10.1. The van der Waals surface area contributed by atoms with Gasteiger partial charge in [-0.2, -0.15) is 0 Å². The molecule has 2 unspecified atom stereocenters. The van der Waals surface area contributed by atoms with Crippen molar-refractivity contribution in [3.63, 3.8) is 0 Å². The summed E-state index contributed by atoms with van der Waals surface area (Å²) in [6.07, 6.45) is 2.41. The van der Waals surface area contributed by atoms with Crippen LogP contribution in [0.2, 0.25) is 0 Å². The Morgan fingerprint density at radius 1 is 1.33 bits per heavy atom. The Balaban J connectivity index is 2.07. The zero-order chi connectivity index (χ0) is 9.14. The minimum atomic E-state index is -0.216. The molecule has 12 heavy (non-hydrogen) atoms. The molecule has 1 saturated carbocycles. The van der Waals surface area contributed by atoms with Crippen molar-refractivity contribution in [2.75, 3.05) is 6.61 Å². The first-order chi connectivity index (χ1) is 5.61. The van der Waals surface area contributed by atoms with E-state index in [-0.39, 0.29) is 12.2 Å². The monoisotopic (exact) mass is 172 g/mol. The van der Waals surface area contributed by atoms with Gasteiger partial charge in [0.2, 0.25) is 0 Å². The SMILES string of the molecule is CC(C)C(C)OCC(O)C1CC1. The molecule has 2 atom stereocenters. The molecule has 0 saturated heterocycles. The van der Waals surface area contributed by atoms with Gasteiger partial charge in [0.1, 0.15) is 0 Å². The molecule has 0 aromatic carbocycles. The zero-order valence-electron chi connectivity index (χ0n) is 8.29. The average Bonchev–Trinajstić information content (AvgIpc) is 2.81. The minimum absolute atomic E-state index is 0.216. The van der Waals surface area contributed by atoms with Gasteiger partial charge in [-0.1, -0.05) is 13.8 Å². The van der Waals surface area contributed by atoms with Gasteiger partial charge in [0, 0.05) is 0 Å². The standard InChI is InChI=1S/C10H20O2/c1-7(2)8(3)12-6-10(11)9-4-5-9/h7-11H,4-6H2,1-3H3. The molecule has 2 heteroatoms. The molecule has 72 valence electrons. The van der Waals surface area contributed by atoms with Crippen molar-refractivity contribution in [1.82, 2.24) is 0 Å². The summed E-state index contributed by atoms with van der Waals surface area (Å²) < 4.78 is 5.52. The van der Waals surface area contributed by atoms with Gasteiger partial charge in [-0.05, 0) is 31.6 Å². The maximum atomic E-state index is 9.49. The van der Waals surface area contributed by atoms with Crippen LogP contribution in [0.4, 0.5) is 0 Å². The Labute approximate surface area is 74.9 Å². The fourth-order valence-electron chi connectivity index (χ4n) is 1.06. The third-order valence-electron chi connectivity index (χ3n) is 2.63. The summed E-state index contributed by atoms with van der Waals surface area (Å²) in [6.45, 7) is 6.84. The summed E-state index contributed by atoms with van der Waals surface area (Å²) in [6, 6.07) is 0. The molecule has 1 N–H and O–H groups in total. The van der Waals surface area contributed by atoms with E-state index in [1.807, 2.05) is 0 Å². The second-order valence-electron chi connectivity index (χ2n) is 4.19. The second-order valence-corrected chi connectivity index (χ2v) is 4.19. The van der Waals surface area contributed by atoms with Crippen LogP contribution in [0.5, 0.6) is 0 Å². The van der Waals surface area contributed by atoms with Crippen LogP contribution in [-0.4, -0.2) is 23.9 Å². The number of rotatable bonds is 5. The van der Waals surface area contributed by atoms with Crippen LogP contribution < -0.4 is 0 Å².